The van der Waals surface area contributed by atoms with E-state index >= 15 is 0 Å². The Hall–Kier alpha value is -1.34. The van der Waals surface area contributed by atoms with Gasteiger partial charge in [0.1, 0.15) is 5.01 Å². The molecule has 2 aromatic rings. The number of pyridine rings is 1. The predicted octanol–water partition coefficient (Wildman–Crippen LogP) is 2.26. The maximum absolute atomic E-state index is 6.21. The van der Waals surface area contributed by atoms with E-state index in [9.17, 15) is 0 Å². The largest absolute Gasteiger partial charge is 0.375 e. The average molecular weight is 344 g/mol. The number of likely N-dealkylation sites (tertiary alicyclic amines) is 1. The van der Waals surface area contributed by atoms with Gasteiger partial charge in [-0.05, 0) is 24.6 Å². The third-order valence-electron chi connectivity index (χ3n) is 4.98. The van der Waals surface area contributed by atoms with E-state index in [1.807, 2.05) is 24.7 Å². The lowest BCUT2D eigenvalue weighted by atomic mass is 9.93. The molecule has 2 saturated heterocycles. The van der Waals surface area contributed by atoms with Gasteiger partial charge >= 0.3 is 0 Å². The molecule has 0 radical (unpaired) electrons. The van der Waals surface area contributed by atoms with E-state index in [0.717, 1.165) is 45.9 Å². The first-order valence-corrected chi connectivity index (χ1v) is 9.58. The summed E-state index contributed by atoms with van der Waals surface area (Å²) in [5.41, 5.74) is 1.29. The zero-order valence-electron chi connectivity index (χ0n) is 13.9. The first kappa shape index (κ1) is 16.1. The second kappa shape index (κ2) is 7.70. The molecule has 2 aliphatic rings. The molecule has 0 saturated carbocycles. The van der Waals surface area contributed by atoms with E-state index < -0.39 is 0 Å². The first-order chi connectivity index (χ1) is 11.9. The maximum Gasteiger partial charge on any atom is 0.107 e. The van der Waals surface area contributed by atoms with Crippen molar-refractivity contribution in [3.05, 3.63) is 46.7 Å². The Bertz CT molecular complexity index is 621. The summed E-state index contributed by atoms with van der Waals surface area (Å²) in [6, 6.07) is 4.18. The highest BCUT2D eigenvalue weighted by molar-refractivity contribution is 7.09. The van der Waals surface area contributed by atoms with Crippen molar-refractivity contribution in [3.8, 4) is 0 Å². The summed E-state index contributed by atoms with van der Waals surface area (Å²) in [5, 5.41) is 3.26. The van der Waals surface area contributed by atoms with E-state index in [4.69, 9.17) is 4.74 Å². The molecule has 128 valence electrons. The van der Waals surface area contributed by atoms with Gasteiger partial charge in [0, 0.05) is 56.1 Å². The van der Waals surface area contributed by atoms with Crippen molar-refractivity contribution in [1.82, 2.24) is 19.8 Å². The van der Waals surface area contributed by atoms with Gasteiger partial charge in [0.05, 0.1) is 19.3 Å². The zero-order valence-corrected chi connectivity index (χ0v) is 14.7. The minimum absolute atomic E-state index is 0.359. The standard InChI is InChI=1S/C18H24N4OS/c1-2-15(10-19-4-1)11-22-7-8-23-17-13-21(6-3-16(17)12-22)14-18-20-5-9-24-18/h1-2,4-5,9-10,16-17H,3,6-8,11-14H2/t16-,17-/m0/s1. The van der Waals surface area contributed by atoms with Crippen molar-refractivity contribution in [1.29, 1.82) is 0 Å². The number of aromatic nitrogens is 2. The molecule has 24 heavy (non-hydrogen) atoms. The van der Waals surface area contributed by atoms with Crippen molar-refractivity contribution in [2.75, 3.05) is 32.8 Å². The Labute approximate surface area is 147 Å². The normalized spacial score (nSPS) is 26.0. The van der Waals surface area contributed by atoms with E-state index in [2.05, 4.69) is 31.2 Å². The summed E-state index contributed by atoms with van der Waals surface area (Å²) in [4.78, 5) is 13.7. The van der Waals surface area contributed by atoms with Crippen LogP contribution < -0.4 is 0 Å². The number of fused-ring (bicyclic) bond motifs is 1. The van der Waals surface area contributed by atoms with E-state index in [1.54, 1.807) is 11.3 Å². The smallest absolute Gasteiger partial charge is 0.107 e. The number of ether oxygens (including phenoxy) is 1. The van der Waals surface area contributed by atoms with E-state index in [0.29, 0.717) is 12.0 Å². The molecule has 0 bridgehead atoms. The van der Waals surface area contributed by atoms with Gasteiger partial charge < -0.3 is 4.74 Å². The van der Waals surface area contributed by atoms with Crippen LogP contribution in [0.1, 0.15) is 17.0 Å². The molecule has 0 aliphatic carbocycles. The molecule has 2 atom stereocenters. The molecule has 2 aliphatic heterocycles. The van der Waals surface area contributed by atoms with Gasteiger partial charge in [-0.3, -0.25) is 14.8 Å². The summed E-state index contributed by atoms with van der Waals surface area (Å²) in [5.74, 6) is 0.636. The van der Waals surface area contributed by atoms with Crippen molar-refractivity contribution < 1.29 is 4.74 Å². The van der Waals surface area contributed by atoms with Crippen LogP contribution in [0, 0.1) is 5.92 Å². The van der Waals surface area contributed by atoms with Crippen molar-refractivity contribution >= 4 is 11.3 Å². The second-order valence-electron chi connectivity index (χ2n) is 6.72. The quantitative estimate of drug-likeness (QED) is 0.851. The van der Waals surface area contributed by atoms with Crippen LogP contribution in [0.4, 0.5) is 0 Å². The van der Waals surface area contributed by atoms with Gasteiger partial charge in [-0.15, -0.1) is 11.3 Å². The number of rotatable bonds is 4. The van der Waals surface area contributed by atoms with E-state index in [1.165, 1.54) is 17.0 Å². The lowest BCUT2D eigenvalue weighted by Crippen LogP contribution is -2.46. The molecule has 2 fully saturated rings. The van der Waals surface area contributed by atoms with Crippen LogP contribution in [0.25, 0.3) is 0 Å². The molecule has 0 unspecified atom stereocenters. The van der Waals surface area contributed by atoms with Crippen molar-refractivity contribution in [2.24, 2.45) is 5.92 Å². The van der Waals surface area contributed by atoms with Crippen LogP contribution in [0.15, 0.2) is 36.1 Å². The fraction of sp³-hybridized carbons (Fsp3) is 0.556. The second-order valence-corrected chi connectivity index (χ2v) is 7.69. The zero-order chi connectivity index (χ0) is 16.2. The van der Waals surface area contributed by atoms with Gasteiger partial charge in [0.25, 0.3) is 0 Å². The highest BCUT2D eigenvalue weighted by Crippen LogP contribution is 2.26. The van der Waals surface area contributed by atoms with Crippen molar-refractivity contribution in [3.63, 3.8) is 0 Å². The van der Waals surface area contributed by atoms with Gasteiger partial charge in [-0.25, -0.2) is 4.98 Å². The Morgan fingerprint density at radius 1 is 1.17 bits per heavy atom. The molecule has 4 heterocycles. The van der Waals surface area contributed by atoms with Gasteiger partial charge in [-0.2, -0.15) is 0 Å². The SMILES string of the molecule is c1cncc(CN2CCO[C@H]3CN(Cc4nccs4)CC[C@H]3C2)c1. The molecule has 0 spiro atoms. The third-order valence-corrected chi connectivity index (χ3v) is 5.75. The summed E-state index contributed by atoms with van der Waals surface area (Å²) < 4.78 is 6.21. The topological polar surface area (TPSA) is 41.5 Å². The maximum atomic E-state index is 6.21. The van der Waals surface area contributed by atoms with Crippen LogP contribution in [-0.4, -0.2) is 58.7 Å². The Kier molecular flexibility index (Phi) is 5.18. The number of nitrogens with zero attached hydrogens (tertiary/aromatic N) is 4. The summed E-state index contributed by atoms with van der Waals surface area (Å²) in [7, 11) is 0. The minimum atomic E-state index is 0.359. The molecular weight excluding hydrogens is 320 g/mol. The molecule has 0 aromatic carbocycles. The van der Waals surface area contributed by atoms with Gasteiger partial charge in [-0.1, -0.05) is 6.07 Å². The van der Waals surface area contributed by atoms with Gasteiger partial charge in [0.2, 0.25) is 0 Å². The van der Waals surface area contributed by atoms with Crippen molar-refractivity contribution in [2.45, 2.75) is 25.6 Å². The summed E-state index contributed by atoms with van der Waals surface area (Å²) in [6.07, 6.45) is 7.27. The molecule has 6 heteroatoms. The molecule has 5 nitrogen and oxygen atoms in total. The number of piperidine rings is 1. The average Bonchev–Trinajstić information content (AvgIpc) is 3.02. The van der Waals surface area contributed by atoms with Crippen LogP contribution in [-0.2, 0) is 17.8 Å². The molecular formula is C18H24N4OS. The van der Waals surface area contributed by atoms with Crippen LogP contribution in [0.3, 0.4) is 0 Å². The first-order valence-electron chi connectivity index (χ1n) is 8.70. The highest BCUT2D eigenvalue weighted by atomic mass is 32.1. The summed E-state index contributed by atoms with van der Waals surface area (Å²) >= 11 is 1.74. The molecule has 4 rings (SSSR count). The van der Waals surface area contributed by atoms with Crippen LogP contribution in [0.5, 0.6) is 0 Å². The number of hydrogen-bond acceptors (Lipinski definition) is 6. The Morgan fingerprint density at radius 3 is 2.96 bits per heavy atom. The van der Waals surface area contributed by atoms with E-state index in [-0.39, 0.29) is 0 Å². The Balaban J connectivity index is 1.34. The molecule has 0 N–H and O–H groups in total. The van der Waals surface area contributed by atoms with Crippen LogP contribution in [0.2, 0.25) is 0 Å². The monoisotopic (exact) mass is 344 g/mol. The van der Waals surface area contributed by atoms with Crippen LogP contribution >= 0.6 is 11.3 Å². The Morgan fingerprint density at radius 2 is 2.12 bits per heavy atom. The highest BCUT2D eigenvalue weighted by Gasteiger charge is 2.33. The molecule has 0 amide bonds. The molecule has 2 aromatic heterocycles. The minimum Gasteiger partial charge on any atom is -0.375 e. The lowest BCUT2D eigenvalue weighted by Gasteiger charge is -2.37. The summed E-state index contributed by atoms with van der Waals surface area (Å²) in [6.45, 7) is 7.08. The predicted molar refractivity (Wildman–Crippen MR) is 94.8 cm³/mol. The lowest BCUT2D eigenvalue weighted by molar-refractivity contribution is -0.0242. The number of hydrogen-bond donors (Lipinski definition) is 0. The third kappa shape index (κ3) is 4.00. The fourth-order valence-corrected chi connectivity index (χ4v) is 4.40. The fourth-order valence-electron chi connectivity index (χ4n) is 3.74. The number of thiazole rings is 1. The van der Waals surface area contributed by atoms with Gasteiger partial charge in [0.15, 0.2) is 0 Å².